The van der Waals surface area contributed by atoms with Crippen LogP contribution in [0.5, 0.6) is 0 Å². The molecule has 2 heterocycles. The van der Waals surface area contributed by atoms with Crippen molar-refractivity contribution in [2.75, 3.05) is 6.61 Å². The largest absolute Gasteiger partial charge is 0.462 e. The summed E-state index contributed by atoms with van der Waals surface area (Å²) in [4.78, 5) is 16.6. The molecule has 0 aromatic carbocycles. The molecule has 4 nitrogen and oxygen atoms in total. The van der Waals surface area contributed by atoms with Gasteiger partial charge in [-0.05, 0) is 43.7 Å². The SMILES string of the molecule is CCOC(=O)c1cc(C2CC2)cn2cc(CC)nc12. The van der Waals surface area contributed by atoms with Crippen LogP contribution in [0.1, 0.15) is 54.2 Å². The van der Waals surface area contributed by atoms with Crippen molar-refractivity contribution in [3.63, 3.8) is 0 Å². The normalized spacial score (nSPS) is 14.8. The summed E-state index contributed by atoms with van der Waals surface area (Å²) in [5.41, 5.74) is 3.51. The van der Waals surface area contributed by atoms with Gasteiger partial charge in [0.25, 0.3) is 0 Å². The van der Waals surface area contributed by atoms with Crippen LogP contribution in [0.4, 0.5) is 0 Å². The summed E-state index contributed by atoms with van der Waals surface area (Å²) in [5, 5.41) is 0. The minimum atomic E-state index is -0.275. The van der Waals surface area contributed by atoms with Gasteiger partial charge in [0.2, 0.25) is 0 Å². The molecule has 2 aromatic heterocycles. The molecule has 3 rings (SSSR count). The number of ether oxygens (including phenoxy) is 1. The maximum atomic E-state index is 12.1. The molecular weight excluding hydrogens is 240 g/mol. The lowest BCUT2D eigenvalue weighted by molar-refractivity contribution is 0.0528. The standard InChI is InChI=1S/C15H18N2O2/c1-3-12-9-17-8-11(10-5-6-10)7-13(14(17)16-12)15(18)19-4-2/h7-10H,3-6H2,1-2H3. The number of aryl methyl sites for hydroxylation is 1. The minimum absolute atomic E-state index is 0.275. The van der Waals surface area contributed by atoms with Crippen molar-refractivity contribution < 1.29 is 9.53 Å². The Morgan fingerprint density at radius 3 is 2.84 bits per heavy atom. The molecule has 4 heteroatoms. The van der Waals surface area contributed by atoms with Crippen LogP contribution in [0.25, 0.3) is 5.65 Å². The highest BCUT2D eigenvalue weighted by Gasteiger charge is 2.26. The van der Waals surface area contributed by atoms with Crippen molar-refractivity contribution in [2.45, 2.75) is 39.0 Å². The van der Waals surface area contributed by atoms with Gasteiger partial charge in [-0.3, -0.25) is 0 Å². The number of hydrogen-bond donors (Lipinski definition) is 0. The average Bonchev–Trinajstić information content (AvgIpc) is 3.17. The highest BCUT2D eigenvalue weighted by molar-refractivity contribution is 5.96. The number of rotatable bonds is 4. The Kier molecular flexibility index (Phi) is 3.01. The van der Waals surface area contributed by atoms with Gasteiger partial charge >= 0.3 is 5.97 Å². The average molecular weight is 258 g/mol. The molecular formula is C15H18N2O2. The summed E-state index contributed by atoms with van der Waals surface area (Å²) in [5.74, 6) is 0.327. The van der Waals surface area contributed by atoms with Crippen molar-refractivity contribution in [3.8, 4) is 0 Å². The monoisotopic (exact) mass is 258 g/mol. The second-order valence-electron chi connectivity index (χ2n) is 5.00. The summed E-state index contributed by atoms with van der Waals surface area (Å²) in [6, 6.07) is 1.96. The van der Waals surface area contributed by atoms with Crippen molar-refractivity contribution >= 4 is 11.6 Å². The van der Waals surface area contributed by atoms with E-state index in [4.69, 9.17) is 4.74 Å². The van der Waals surface area contributed by atoms with Crippen LogP contribution in [-0.4, -0.2) is 22.0 Å². The molecule has 19 heavy (non-hydrogen) atoms. The van der Waals surface area contributed by atoms with Gasteiger partial charge in [0, 0.05) is 12.4 Å². The van der Waals surface area contributed by atoms with E-state index < -0.39 is 0 Å². The van der Waals surface area contributed by atoms with E-state index in [-0.39, 0.29) is 5.97 Å². The van der Waals surface area contributed by atoms with E-state index in [1.807, 2.05) is 23.6 Å². The van der Waals surface area contributed by atoms with Gasteiger partial charge < -0.3 is 9.14 Å². The summed E-state index contributed by atoms with van der Waals surface area (Å²) in [7, 11) is 0. The van der Waals surface area contributed by atoms with Gasteiger partial charge in [0.15, 0.2) is 5.65 Å². The van der Waals surface area contributed by atoms with Crippen LogP contribution in [0.15, 0.2) is 18.5 Å². The molecule has 1 aliphatic carbocycles. The molecule has 0 aliphatic heterocycles. The van der Waals surface area contributed by atoms with E-state index in [2.05, 4.69) is 18.1 Å². The molecule has 0 amide bonds. The first-order valence-electron chi connectivity index (χ1n) is 6.91. The number of carbonyl (C=O) groups excluding carboxylic acids is 1. The molecule has 2 aromatic rings. The number of imidazole rings is 1. The minimum Gasteiger partial charge on any atom is -0.462 e. The van der Waals surface area contributed by atoms with E-state index in [0.717, 1.165) is 12.1 Å². The van der Waals surface area contributed by atoms with E-state index in [1.54, 1.807) is 0 Å². The first-order chi connectivity index (χ1) is 9.22. The van der Waals surface area contributed by atoms with Crippen LogP contribution in [0, 0.1) is 0 Å². The fourth-order valence-corrected chi connectivity index (χ4v) is 2.34. The number of nitrogens with zero attached hydrogens (tertiary/aromatic N) is 2. The van der Waals surface area contributed by atoms with Crippen LogP contribution in [0.2, 0.25) is 0 Å². The van der Waals surface area contributed by atoms with Crippen molar-refractivity contribution in [1.29, 1.82) is 0 Å². The number of carbonyl (C=O) groups is 1. The Balaban J connectivity index is 2.14. The fourth-order valence-electron chi connectivity index (χ4n) is 2.34. The quantitative estimate of drug-likeness (QED) is 0.792. The molecule has 0 unspecified atom stereocenters. The lowest BCUT2D eigenvalue weighted by Crippen LogP contribution is -2.08. The molecule has 0 N–H and O–H groups in total. The van der Waals surface area contributed by atoms with Gasteiger partial charge in [0.05, 0.1) is 12.3 Å². The molecule has 0 radical (unpaired) electrons. The smallest absolute Gasteiger partial charge is 0.341 e. The van der Waals surface area contributed by atoms with Crippen molar-refractivity contribution in [2.24, 2.45) is 0 Å². The zero-order valence-electron chi connectivity index (χ0n) is 11.3. The van der Waals surface area contributed by atoms with Crippen LogP contribution >= 0.6 is 0 Å². The Morgan fingerprint density at radius 2 is 2.21 bits per heavy atom. The molecule has 1 saturated carbocycles. The molecule has 0 saturated heterocycles. The zero-order chi connectivity index (χ0) is 13.4. The maximum Gasteiger partial charge on any atom is 0.341 e. The Bertz CT molecular complexity index is 626. The van der Waals surface area contributed by atoms with E-state index in [0.29, 0.717) is 23.7 Å². The topological polar surface area (TPSA) is 43.6 Å². The first-order valence-corrected chi connectivity index (χ1v) is 6.91. The number of esters is 1. The van der Waals surface area contributed by atoms with Crippen LogP contribution in [0.3, 0.4) is 0 Å². The summed E-state index contributed by atoms with van der Waals surface area (Å²) >= 11 is 0. The summed E-state index contributed by atoms with van der Waals surface area (Å²) in [6.45, 7) is 4.27. The molecule has 1 fully saturated rings. The predicted molar refractivity (Wildman–Crippen MR) is 72.5 cm³/mol. The molecule has 0 bridgehead atoms. The summed E-state index contributed by atoms with van der Waals surface area (Å²) < 4.78 is 7.11. The molecule has 1 aliphatic rings. The molecule has 0 spiro atoms. The third-order valence-corrected chi connectivity index (χ3v) is 3.53. The summed E-state index contributed by atoms with van der Waals surface area (Å²) in [6.07, 6.45) is 7.39. The number of aromatic nitrogens is 2. The number of pyridine rings is 1. The van der Waals surface area contributed by atoms with Gasteiger partial charge in [-0.15, -0.1) is 0 Å². The number of fused-ring (bicyclic) bond motifs is 1. The molecule has 100 valence electrons. The third-order valence-electron chi connectivity index (χ3n) is 3.53. The Labute approximate surface area is 112 Å². The second-order valence-corrected chi connectivity index (χ2v) is 5.00. The lowest BCUT2D eigenvalue weighted by atomic mass is 10.1. The van der Waals surface area contributed by atoms with Crippen molar-refractivity contribution in [3.05, 3.63) is 35.3 Å². The highest BCUT2D eigenvalue weighted by Crippen LogP contribution is 2.40. The fraction of sp³-hybridized carbons (Fsp3) is 0.467. The van der Waals surface area contributed by atoms with Crippen molar-refractivity contribution in [1.82, 2.24) is 9.38 Å². The number of hydrogen-bond acceptors (Lipinski definition) is 3. The highest BCUT2D eigenvalue weighted by atomic mass is 16.5. The van der Waals surface area contributed by atoms with Gasteiger partial charge in [-0.25, -0.2) is 9.78 Å². The van der Waals surface area contributed by atoms with E-state index in [9.17, 15) is 4.79 Å². The van der Waals surface area contributed by atoms with E-state index >= 15 is 0 Å². The Morgan fingerprint density at radius 1 is 1.42 bits per heavy atom. The van der Waals surface area contributed by atoms with E-state index in [1.165, 1.54) is 18.4 Å². The van der Waals surface area contributed by atoms with Gasteiger partial charge in [0.1, 0.15) is 5.56 Å². The third kappa shape index (κ3) is 2.23. The van der Waals surface area contributed by atoms with Crippen LogP contribution < -0.4 is 0 Å². The lowest BCUT2D eigenvalue weighted by Gasteiger charge is -2.06. The van der Waals surface area contributed by atoms with Crippen LogP contribution in [-0.2, 0) is 11.2 Å². The zero-order valence-corrected chi connectivity index (χ0v) is 11.3. The van der Waals surface area contributed by atoms with Gasteiger partial charge in [-0.2, -0.15) is 0 Å². The second kappa shape index (κ2) is 4.68. The van der Waals surface area contributed by atoms with Gasteiger partial charge in [-0.1, -0.05) is 6.92 Å². The first kappa shape index (κ1) is 12.2. The predicted octanol–water partition coefficient (Wildman–Crippen LogP) is 2.95. The molecule has 0 atom stereocenters. The Hall–Kier alpha value is -1.84. The maximum absolute atomic E-state index is 12.1.